The highest BCUT2D eigenvalue weighted by molar-refractivity contribution is 5.89. The van der Waals surface area contributed by atoms with E-state index in [-0.39, 0.29) is 17.9 Å². The zero-order valence-corrected chi connectivity index (χ0v) is 17.7. The molecule has 1 saturated carbocycles. The van der Waals surface area contributed by atoms with E-state index in [1.54, 1.807) is 0 Å². The lowest BCUT2D eigenvalue weighted by atomic mass is 9.90. The number of aliphatic imine (C=N–C) groups is 1. The van der Waals surface area contributed by atoms with Crippen molar-refractivity contribution < 1.29 is 9.53 Å². The molecule has 3 aliphatic rings. The summed E-state index contributed by atoms with van der Waals surface area (Å²) in [6.07, 6.45) is 9.19. The zero-order valence-electron chi connectivity index (χ0n) is 17.7. The summed E-state index contributed by atoms with van der Waals surface area (Å²) in [6, 6.07) is 18.4. The van der Waals surface area contributed by atoms with Crippen LogP contribution >= 0.6 is 0 Å². The minimum absolute atomic E-state index is 0.0217. The third kappa shape index (κ3) is 3.47. The molecule has 0 spiro atoms. The largest absolute Gasteiger partial charge is 0.353 e. The lowest BCUT2D eigenvalue weighted by Gasteiger charge is -2.29. The molecule has 3 fully saturated rings. The molecule has 2 aromatic rings. The molecule has 3 atom stereocenters. The highest BCUT2D eigenvalue weighted by atomic mass is 16.5. The summed E-state index contributed by atoms with van der Waals surface area (Å²) in [5.41, 5.74) is 2.55. The molecule has 4 heteroatoms. The van der Waals surface area contributed by atoms with Crippen LogP contribution in [0.15, 0.2) is 59.6 Å². The van der Waals surface area contributed by atoms with Gasteiger partial charge in [-0.3, -0.25) is 9.79 Å². The van der Waals surface area contributed by atoms with Gasteiger partial charge in [-0.05, 0) is 42.9 Å². The first-order valence-corrected chi connectivity index (χ1v) is 11.3. The summed E-state index contributed by atoms with van der Waals surface area (Å²) < 4.78 is 6.22. The Morgan fingerprint density at radius 1 is 1.03 bits per heavy atom. The summed E-state index contributed by atoms with van der Waals surface area (Å²) >= 11 is 0. The normalized spacial score (nSPS) is 29.6. The van der Waals surface area contributed by atoms with Crippen LogP contribution in [0.25, 0.3) is 0 Å². The number of rotatable bonds is 4. The first kappa shape index (κ1) is 19.5. The Labute approximate surface area is 179 Å². The second-order valence-corrected chi connectivity index (χ2v) is 9.11. The van der Waals surface area contributed by atoms with Gasteiger partial charge in [0.05, 0.1) is 24.3 Å². The second kappa shape index (κ2) is 7.99. The molecule has 0 aromatic heterocycles. The van der Waals surface area contributed by atoms with Crippen molar-refractivity contribution in [1.82, 2.24) is 4.90 Å². The van der Waals surface area contributed by atoms with Crippen LogP contribution in [0.2, 0.25) is 0 Å². The Morgan fingerprint density at radius 2 is 1.77 bits per heavy atom. The summed E-state index contributed by atoms with van der Waals surface area (Å²) in [5.74, 6) is 0.517. The maximum atomic E-state index is 13.6. The van der Waals surface area contributed by atoms with Crippen LogP contribution in [-0.4, -0.2) is 29.4 Å². The predicted molar refractivity (Wildman–Crippen MR) is 119 cm³/mol. The highest BCUT2D eigenvalue weighted by Gasteiger charge is 2.56. The van der Waals surface area contributed by atoms with Crippen molar-refractivity contribution in [3.05, 3.63) is 65.7 Å². The van der Waals surface area contributed by atoms with Gasteiger partial charge in [-0.15, -0.1) is 0 Å². The van der Waals surface area contributed by atoms with Gasteiger partial charge in [0.15, 0.2) is 0 Å². The van der Waals surface area contributed by atoms with Crippen LogP contribution in [0.4, 0.5) is 5.69 Å². The fraction of sp³-hybridized carbons (Fsp3) is 0.462. The lowest BCUT2D eigenvalue weighted by Crippen LogP contribution is -2.40. The SMILES string of the molecule is C[C@@]12C[C@H](c3ccccc3N=CC3CCCCC3)C(=O)N1[C@@H](c1ccccc1)CO2. The van der Waals surface area contributed by atoms with Crippen molar-refractivity contribution in [2.24, 2.45) is 10.9 Å². The number of nitrogens with zero attached hydrogens (tertiary/aromatic N) is 2. The Morgan fingerprint density at radius 3 is 2.57 bits per heavy atom. The molecule has 2 heterocycles. The zero-order chi connectivity index (χ0) is 20.6. The molecule has 4 nitrogen and oxygen atoms in total. The number of carbonyl (C=O) groups is 1. The number of carbonyl (C=O) groups excluding carboxylic acids is 1. The number of hydrogen-bond acceptors (Lipinski definition) is 3. The minimum Gasteiger partial charge on any atom is -0.353 e. The molecule has 1 amide bonds. The van der Waals surface area contributed by atoms with Gasteiger partial charge in [0.25, 0.3) is 0 Å². The van der Waals surface area contributed by atoms with Crippen molar-refractivity contribution in [3.8, 4) is 0 Å². The highest BCUT2D eigenvalue weighted by Crippen LogP contribution is 2.50. The quantitative estimate of drug-likeness (QED) is 0.609. The Balaban J connectivity index is 1.42. The number of para-hydroxylation sites is 1. The van der Waals surface area contributed by atoms with E-state index in [1.807, 2.05) is 41.3 Å². The van der Waals surface area contributed by atoms with E-state index in [0.717, 1.165) is 16.8 Å². The first-order valence-electron chi connectivity index (χ1n) is 11.3. The third-order valence-electron chi connectivity index (χ3n) is 7.06. The van der Waals surface area contributed by atoms with Crippen LogP contribution < -0.4 is 0 Å². The van der Waals surface area contributed by atoms with E-state index in [9.17, 15) is 4.79 Å². The lowest BCUT2D eigenvalue weighted by molar-refractivity contribution is -0.137. The molecule has 0 radical (unpaired) electrons. The summed E-state index contributed by atoms with van der Waals surface area (Å²) in [5, 5.41) is 0. The van der Waals surface area contributed by atoms with Gasteiger partial charge in [0, 0.05) is 12.6 Å². The van der Waals surface area contributed by atoms with Gasteiger partial charge >= 0.3 is 0 Å². The van der Waals surface area contributed by atoms with Gasteiger partial charge in [0.1, 0.15) is 5.72 Å². The Bertz CT molecular complexity index is 935. The van der Waals surface area contributed by atoms with Crippen molar-refractivity contribution in [1.29, 1.82) is 0 Å². The molecule has 5 rings (SSSR count). The smallest absolute Gasteiger partial charge is 0.233 e. The maximum Gasteiger partial charge on any atom is 0.233 e. The van der Waals surface area contributed by atoms with Crippen molar-refractivity contribution in [3.63, 3.8) is 0 Å². The van der Waals surface area contributed by atoms with Gasteiger partial charge in [-0.2, -0.15) is 0 Å². The predicted octanol–water partition coefficient (Wildman–Crippen LogP) is 5.77. The number of amides is 1. The van der Waals surface area contributed by atoms with Crippen molar-refractivity contribution in [2.75, 3.05) is 6.61 Å². The molecular weight excluding hydrogens is 372 g/mol. The third-order valence-corrected chi connectivity index (χ3v) is 7.06. The fourth-order valence-corrected chi connectivity index (χ4v) is 5.44. The monoisotopic (exact) mass is 402 g/mol. The van der Waals surface area contributed by atoms with E-state index in [0.29, 0.717) is 18.9 Å². The molecule has 1 aliphatic carbocycles. The summed E-state index contributed by atoms with van der Waals surface area (Å²) in [7, 11) is 0. The molecule has 0 N–H and O–H groups in total. The standard InChI is InChI=1S/C26H30N2O2/c1-26-16-22(25(29)28(26)24(18-30-26)20-12-6-3-7-13-20)21-14-8-9-15-23(21)27-17-19-10-4-2-5-11-19/h3,6-9,12-15,17,19,22,24H,2,4-5,10-11,16,18H2,1H3/t22-,24-,26-/m1/s1. The number of fused-ring (bicyclic) bond motifs is 1. The van der Waals surface area contributed by atoms with Crippen LogP contribution in [0.5, 0.6) is 0 Å². The molecular formula is C26H30N2O2. The van der Waals surface area contributed by atoms with E-state index in [4.69, 9.17) is 9.73 Å². The molecule has 2 saturated heterocycles. The fourth-order valence-electron chi connectivity index (χ4n) is 5.44. The van der Waals surface area contributed by atoms with E-state index >= 15 is 0 Å². The average molecular weight is 403 g/mol. The average Bonchev–Trinajstić information content (AvgIpc) is 3.26. The summed E-state index contributed by atoms with van der Waals surface area (Å²) in [6.45, 7) is 2.61. The van der Waals surface area contributed by atoms with Crippen molar-refractivity contribution >= 4 is 17.8 Å². The van der Waals surface area contributed by atoms with Crippen LogP contribution in [0, 0.1) is 5.92 Å². The van der Waals surface area contributed by atoms with Gasteiger partial charge in [-0.25, -0.2) is 0 Å². The molecule has 2 aliphatic heterocycles. The summed E-state index contributed by atoms with van der Waals surface area (Å²) in [4.78, 5) is 20.5. The number of ether oxygens (including phenoxy) is 1. The number of hydrogen-bond donors (Lipinski definition) is 0. The first-order chi connectivity index (χ1) is 14.7. The van der Waals surface area contributed by atoms with Crippen LogP contribution in [0.3, 0.4) is 0 Å². The molecule has 0 unspecified atom stereocenters. The van der Waals surface area contributed by atoms with Gasteiger partial charge in [0.2, 0.25) is 5.91 Å². The van der Waals surface area contributed by atoms with Crippen LogP contribution in [0.1, 0.15) is 68.5 Å². The molecule has 156 valence electrons. The van der Waals surface area contributed by atoms with E-state index in [2.05, 4.69) is 31.3 Å². The minimum atomic E-state index is -0.553. The Hall–Kier alpha value is -2.46. The van der Waals surface area contributed by atoms with Gasteiger partial charge < -0.3 is 9.64 Å². The Kier molecular flexibility index (Phi) is 5.20. The molecule has 30 heavy (non-hydrogen) atoms. The van der Waals surface area contributed by atoms with Gasteiger partial charge in [-0.1, -0.05) is 67.8 Å². The second-order valence-electron chi connectivity index (χ2n) is 9.11. The molecule has 0 bridgehead atoms. The molecule has 2 aromatic carbocycles. The van der Waals surface area contributed by atoms with Crippen molar-refractivity contribution in [2.45, 2.75) is 63.1 Å². The topological polar surface area (TPSA) is 41.9 Å². The van der Waals surface area contributed by atoms with E-state index < -0.39 is 5.72 Å². The van der Waals surface area contributed by atoms with Crippen LogP contribution in [-0.2, 0) is 9.53 Å². The maximum absolute atomic E-state index is 13.6. The van der Waals surface area contributed by atoms with E-state index in [1.165, 1.54) is 32.1 Å². The number of benzene rings is 2.